The van der Waals surface area contributed by atoms with E-state index in [1.54, 1.807) is 6.20 Å². The second-order valence-electron chi connectivity index (χ2n) is 8.06. The molecule has 4 rings (SSSR count). The third-order valence-corrected chi connectivity index (χ3v) is 6.46. The van der Waals surface area contributed by atoms with Crippen LogP contribution in [0.3, 0.4) is 0 Å². The number of hydrogen-bond acceptors (Lipinski definition) is 4. The normalized spacial score (nSPS) is 24.2. The number of nitrogens with zero attached hydrogens (tertiary/aromatic N) is 3. The van der Waals surface area contributed by atoms with Crippen LogP contribution in [0, 0.1) is 0 Å². The van der Waals surface area contributed by atoms with Gasteiger partial charge in [-0.05, 0) is 63.7 Å². The molecule has 5 nitrogen and oxygen atoms in total. The fourth-order valence-corrected chi connectivity index (χ4v) is 4.98. The maximum Gasteiger partial charge on any atom is 0.243 e. The molecular formula is C21H31N3O2. The summed E-state index contributed by atoms with van der Waals surface area (Å²) < 4.78 is 6.04. The molecule has 1 aromatic rings. The number of piperidine rings is 1. The Labute approximate surface area is 156 Å². The first kappa shape index (κ1) is 17.9. The number of aromatic nitrogens is 1. The van der Waals surface area contributed by atoms with Gasteiger partial charge < -0.3 is 9.64 Å². The van der Waals surface area contributed by atoms with E-state index in [1.807, 2.05) is 18.2 Å². The molecule has 1 aromatic heterocycles. The highest BCUT2D eigenvalue weighted by Gasteiger charge is 2.48. The number of rotatable bonds is 5. The third-order valence-electron chi connectivity index (χ3n) is 6.46. The molecule has 2 aliphatic heterocycles. The Kier molecular flexibility index (Phi) is 5.55. The van der Waals surface area contributed by atoms with Crippen LogP contribution in [0.4, 0.5) is 0 Å². The van der Waals surface area contributed by atoms with Gasteiger partial charge in [-0.15, -0.1) is 0 Å². The van der Waals surface area contributed by atoms with Crippen LogP contribution >= 0.6 is 0 Å². The number of pyridine rings is 1. The molecule has 1 saturated carbocycles. The van der Waals surface area contributed by atoms with Gasteiger partial charge in [0.25, 0.3) is 0 Å². The molecule has 3 aliphatic rings. The van der Waals surface area contributed by atoms with Gasteiger partial charge in [0, 0.05) is 19.3 Å². The Morgan fingerprint density at radius 3 is 2.46 bits per heavy atom. The van der Waals surface area contributed by atoms with Crippen LogP contribution < -0.4 is 0 Å². The van der Waals surface area contributed by atoms with Crippen LogP contribution in [-0.2, 0) is 16.1 Å². The summed E-state index contributed by atoms with van der Waals surface area (Å²) in [4.78, 5) is 22.4. The molecule has 0 atom stereocenters. The van der Waals surface area contributed by atoms with E-state index in [4.69, 9.17) is 4.74 Å². The zero-order valence-electron chi connectivity index (χ0n) is 15.7. The average Bonchev–Trinajstić information content (AvgIpc) is 3.39. The summed E-state index contributed by atoms with van der Waals surface area (Å²) in [5.41, 5.74) is 0.794. The topological polar surface area (TPSA) is 45.7 Å². The van der Waals surface area contributed by atoms with E-state index in [0.717, 1.165) is 57.6 Å². The predicted molar refractivity (Wildman–Crippen MR) is 101 cm³/mol. The smallest absolute Gasteiger partial charge is 0.243 e. The van der Waals surface area contributed by atoms with E-state index < -0.39 is 0 Å². The van der Waals surface area contributed by atoms with Gasteiger partial charge in [0.2, 0.25) is 5.91 Å². The summed E-state index contributed by atoms with van der Waals surface area (Å²) in [5, 5.41) is 0. The molecule has 0 N–H and O–H groups in total. The van der Waals surface area contributed by atoms with Gasteiger partial charge >= 0.3 is 0 Å². The van der Waals surface area contributed by atoms with Crippen molar-refractivity contribution in [1.29, 1.82) is 0 Å². The number of ether oxygens (including phenoxy) is 1. The zero-order valence-corrected chi connectivity index (χ0v) is 15.7. The lowest BCUT2D eigenvalue weighted by Gasteiger charge is -2.43. The van der Waals surface area contributed by atoms with Crippen molar-refractivity contribution in [1.82, 2.24) is 14.8 Å². The minimum absolute atomic E-state index is 0.182. The molecule has 0 bridgehead atoms. The van der Waals surface area contributed by atoms with E-state index in [-0.39, 0.29) is 11.6 Å². The third kappa shape index (κ3) is 3.65. The van der Waals surface area contributed by atoms with E-state index in [9.17, 15) is 4.79 Å². The Hall–Kier alpha value is -1.46. The molecule has 0 radical (unpaired) electrons. The van der Waals surface area contributed by atoms with Crippen molar-refractivity contribution in [3.63, 3.8) is 0 Å². The number of hydrogen-bond donors (Lipinski definition) is 0. The van der Waals surface area contributed by atoms with Gasteiger partial charge in [0.15, 0.2) is 0 Å². The fourth-order valence-electron chi connectivity index (χ4n) is 4.98. The summed E-state index contributed by atoms with van der Waals surface area (Å²) in [5.74, 6) is 0.403. The van der Waals surface area contributed by atoms with E-state index in [1.165, 1.54) is 25.7 Å². The quantitative estimate of drug-likeness (QED) is 0.813. The molecule has 1 amide bonds. The summed E-state index contributed by atoms with van der Waals surface area (Å²) in [7, 11) is 0. The maximum absolute atomic E-state index is 13.4. The minimum Gasteiger partial charge on any atom is -0.372 e. The number of likely N-dealkylation sites (tertiary alicyclic amines) is 2. The molecule has 3 fully saturated rings. The zero-order chi connectivity index (χ0) is 17.8. The first-order chi connectivity index (χ1) is 12.8. The molecule has 1 aliphatic carbocycles. The van der Waals surface area contributed by atoms with Gasteiger partial charge in [-0.1, -0.05) is 18.9 Å². The van der Waals surface area contributed by atoms with Gasteiger partial charge in [-0.2, -0.15) is 0 Å². The van der Waals surface area contributed by atoms with Crippen molar-refractivity contribution in [2.75, 3.05) is 26.2 Å². The Bertz CT molecular complexity index is 587. The van der Waals surface area contributed by atoms with E-state index >= 15 is 0 Å². The van der Waals surface area contributed by atoms with Gasteiger partial charge in [0.05, 0.1) is 18.4 Å². The van der Waals surface area contributed by atoms with E-state index in [2.05, 4.69) is 14.8 Å². The lowest BCUT2D eigenvalue weighted by Crippen LogP contribution is -2.58. The van der Waals surface area contributed by atoms with Crippen molar-refractivity contribution in [2.24, 2.45) is 0 Å². The standard InChI is InChI=1S/C21H31N3O2/c25-20(21(10-2-3-11-21)24-13-5-6-14-24)23-15-8-19(9-16-23)26-17-18-7-1-4-12-22-18/h1,4,7,12,19H,2-3,5-6,8-11,13-17H2. The van der Waals surface area contributed by atoms with Gasteiger partial charge in [0.1, 0.15) is 5.54 Å². The van der Waals surface area contributed by atoms with Crippen molar-refractivity contribution in [3.8, 4) is 0 Å². The molecule has 5 heteroatoms. The van der Waals surface area contributed by atoms with Crippen LogP contribution in [0.1, 0.15) is 57.1 Å². The Morgan fingerprint density at radius 2 is 1.81 bits per heavy atom. The lowest BCUT2D eigenvalue weighted by atomic mass is 9.92. The Morgan fingerprint density at radius 1 is 1.08 bits per heavy atom. The molecular weight excluding hydrogens is 326 g/mol. The highest BCUT2D eigenvalue weighted by atomic mass is 16.5. The molecule has 2 saturated heterocycles. The molecule has 0 aromatic carbocycles. The second-order valence-corrected chi connectivity index (χ2v) is 8.06. The van der Waals surface area contributed by atoms with Crippen LogP contribution in [0.5, 0.6) is 0 Å². The molecule has 3 heterocycles. The highest BCUT2D eigenvalue weighted by Crippen LogP contribution is 2.39. The van der Waals surface area contributed by atoms with Crippen LogP contribution in [0.15, 0.2) is 24.4 Å². The van der Waals surface area contributed by atoms with Gasteiger partial charge in [-0.3, -0.25) is 14.7 Å². The number of carbonyl (C=O) groups excluding carboxylic acids is 1. The first-order valence-electron chi connectivity index (χ1n) is 10.3. The molecule has 0 spiro atoms. The monoisotopic (exact) mass is 357 g/mol. The van der Waals surface area contributed by atoms with Crippen LogP contribution in [0.2, 0.25) is 0 Å². The fraction of sp³-hybridized carbons (Fsp3) is 0.714. The lowest BCUT2D eigenvalue weighted by molar-refractivity contribution is -0.146. The van der Waals surface area contributed by atoms with Crippen molar-refractivity contribution >= 4 is 5.91 Å². The average molecular weight is 357 g/mol. The first-order valence-corrected chi connectivity index (χ1v) is 10.3. The summed E-state index contributed by atoms with van der Waals surface area (Å²) in [6.45, 7) is 4.45. The van der Waals surface area contributed by atoms with E-state index in [0.29, 0.717) is 12.5 Å². The minimum atomic E-state index is -0.182. The second kappa shape index (κ2) is 8.05. The summed E-state index contributed by atoms with van der Waals surface area (Å²) in [6, 6.07) is 5.91. The number of carbonyl (C=O) groups is 1. The molecule has 26 heavy (non-hydrogen) atoms. The molecule has 142 valence electrons. The number of amides is 1. The summed E-state index contributed by atoms with van der Waals surface area (Å²) in [6.07, 6.45) is 10.9. The highest BCUT2D eigenvalue weighted by molar-refractivity contribution is 5.87. The van der Waals surface area contributed by atoms with Crippen molar-refractivity contribution in [2.45, 2.75) is 69.6 Å². The van der Waals surface area contributed by atoms with Crippen LogP contribution in [-0.4, -0.2) is 58.5 Å². The Balaban J connectivity index is 1.31. The van der Waals surface area contributed by atoms with Gasteiger partial charge in [-0.25, -0.2) is 0 Å². The largest absolute Gasteiger partial charge is 0.372 e. The predicted octanol–water partition coefficient (Wildman–Crippen LogP) is 3.00. The SMILES string of the molecule is O=C(N1CCC(OCc2ccccn2)CC1)C1(N2CCCC2)CCCC1. The summed E-state index contributed by atoms with van der Waals surface area (Å²) >= 11 is 0. The van der Waals surface area contributed by atoms with Crippen molar-refractivity contribution < 1.29 is 9.53 Å². The van der Waals surface area contributed by atoms with Crippen molar-refractivity contribution in [3.05, 3.63) is 30.1 Å². The maximum atomic E-state index is 13.4. The van der Waals surface area contributed by atoms with Crippen LogP contribution in [0.25, 0.3) is 0 Å². The molecule has 0 unspecified atom stereocenters.